The molecule has 0 amide bonds. The molecule has 2 rings (SSSR count). The Balaban J connectivity index is 2.47. The van der Waals surface area contributed by atoms with E-state index >= 15 is 0 Å². The average Bonchev–Trinajstić information content (AvgIpc) is 2.31. The third-order valence-corrected chi connectivity index (χ3v) is 4.17. The molecule has 0 aliphatic heterocycles. The van der Waals surface area contributed by atoms with Crippen LogP contribution in [0, 0.1) is 5.82 Å². The molecule has 4 heteroatoms. The molecule has 2 aromatic carbocycles. The van der Waals surface area contributed by atoms with E-state index in [1.54, 1.807) is 18.2 Å². The minimum absolute atomic E-state index is 0.0140. The molecule has 0 radical (unpaired) electrons. The Morgan fingerprint density at radius 1 is 0.812 bits per heavy atom. The van der Waals surface area contributed by atoms with Crippen molar-refractivity contribution in [3.8, 4) is 0 Å². The summed E-state index contributed by atoms with van der Waals surface area (Å²) >= 11 is 0. The molecule has 0 aliphatic rings. The fourth-order valence-corrected chi connectivity index (χ4v) is 2.79. The van der Waals surface area contributed by atoms with Crippen LogP contribution in [0.5, 0.6) is 0 Å². The molecule has 0 N–H and O–H groups in total. The van der Waals surface area contributed by atoms with Gasteiger partial charge in [0.2, 0.25) is 0 Å². The molecule has 0 bridgehead atoms. The standard InChI is InChI=1S/C12H9F2OP/c13-10-6-8-12(9-7-10)16(14,15)11-4-2-1-3-5-11/h1-9H. The van der Waals surface area contributed by atoms with Gasteiger partial charge < -0.3 is 0 Å². The van der Waals surface area contributed by atoms with Crippen LogP contribution < -0.4 is 10.6 Å². The normalized spacial score (nSPS) is 14.4. The Morgan fingerprint density at radius 2 is 1.31 bits per heavy atom. The number of rotatable bonds is 2. The fourth-order valence-electron chi connectivity index (χ4n) is 1.40. The van der Waals surface area contributed by atoms with Crippen molar-refractivity contribution in [3.05, 3.63) is 60.4 Å². The lowest BCUT2D eigenvalue weighted by molar-refractivity contribution is 0.558. The van der Waals surface area contributed by atoms with E-state index in [0.29, 0.717) is 0 Å². The first-order chi connectivity index (χ1) is 7.60. The Labute approximate surface area is 92.2 Å². The van der Waals surface area contributed by atoms with E-state index in [1.807, 2.05) is 0 Å². The Bertz CT molecular complexity index is 522. The van der Waals surface area contributed by atoms with Gasteiger partial charge in [0.25, 0.3) is 7.45 Å². The smallest absolute Gasteiger partial charge is 0.277 e. The van der Waals surface area contributed by atoms with Crippen LogP contribution in [-0.4, -0.2) is 0 Å². The minimum Gasteiger partial charge on any atom is -0.277 e. The number of hydrogen-bond donors (Lipinski definition) is 0. The number of benzene rings is 2. The van der Waals surface area contributed by atoms with Gasteiger partial charge in [-0.25, -0.2) is 4.39 Å². The zero-order chi connectivity index (χ0) is 11.6. The largest absolute Gasteiger partial charge is 0.300 e. The third kappa shape index (κ3) is 2.05. The molecule has 1 nitrogen and oxygen atoms in total. The molecule has 82 valence electrons. The lowest BCUT2D eigenvalue weighted by Crippen LogP contribution is -2.12. The summed E-state index contributed by atoms with van der Waals surface area (Å²) in [6, 6.07) is 12.5. The van der Waals surface area contributed by atoms with Crippen LogP contribution in [0.1, 0.15) is 0 Å². The van der Waals surface area contributed by atoms with E-state index < -0.39 is 13.3 Å². The second-order valence-electron chi connectivity index (χ2n) is 3.34. The van der Waals surface area contributed by atoms with Crippen LogP contribution in [0.25, 0.3) is 0 Å². The summed E-state index contributed by atoms with van der Waals surface area (Å²) in [4.78, 5) is 0. The Morgan fingerprint density at radius 3 is 1.88 bits per heavy atom. The quantitative estimate of drug-likeness (QED) is 0.735. The highest BCUT2D eigenvalue weighted by Gasteiger charge is 2.26. The molecule has 2 aromatic rings. The summed E-state index contributed by atoms with van der Waals surface area (Å²) in [7, 11) is -4.08. The van der Waals surface area contributed by atoms with Crippen LogP contribution >= 0.6 is 7.45 Å². The first kappa shape index (κ1) is 11.0. The lowest BCUT2D eigenvalue weighted by atomic mass is 10.3. The highest BCUT2D eigenvalue weighted by atomic mass is 31.2. The average molecular weight is 238 g/mol. The van der Waals surface area contributed by atoms with Gasteiger partial charge in [-0.1, -0.05) is 18.2 Å². The van der Waals surface area contributed by atoms with Crippen molar-refractivity contribution in [2.45, 2.75) is 0 Å². The molecular formula is C12H9F2OP. The third-order valence-electron chi connectivity index (χ3n) is 2.25. The van der Waals surface area contributed by atoms with Crippen LogP contribution in [-0.2, 0) is 4.57 Å². The zero-order valence-electron chi connectivity index (χ0n) is 8.31. The number of hydrogen-bond acceptors (Lipinski definition) is 1. The van der Waals surface area contributed by atoms with Gasteiger partial charge in [-0.2, -0.15) is 4.20 Å². The molecule has 1 atom stereocenters. The first-order valence-electron chi connectivity index (χ1n) is 4.72. The van der Waals surface area contributed by atoms with Crippen molar-refractivity contribution in [1.82, 2.24) is 0 Å². The van der Waals surface area contributed by atoms with E-state index in [4.69, 9.17) is 0 Å². The lowest BCUT2D eigenvalue weighted by Gasteiger charge is -2.08. The summed E-state index contributed by atoms with van der Waals surface area (Å²) in [5, 5.41) is 0.140. The van der Waals surface area contributed by atoms with Crippen LogP contribution in [0.3, 0.4) is 0 Å². The monoisotopic (exact) mass is 238 g/mol. The van der Waals surface area contributed by atoms with Gasteiger partial charge in [0.1, 0.15) is 5.82 Å². The van der Waals surface area contributed by atoms with Crippen molar-refractivity contribution >= 4 is 18.1 Å². The summed E-state index contributed by atoms with van der Waals surface area (Å²) in [5.41, 5.74) is 0. The minimum atomic E-state index is -4.08. The highest BCUT2D eigenvalue weighted by molar-refractivity contribution is 7.74. The Kier molecular flexibility index (Phi) is 2.88. The molecule has 0 saturated carbocycles. The van der Waals surface area contributed by atoms with Gasteiger partial charge in [-0.05, 0) is 36.4 Å². The molecule has 0 aromatic heterocycles. The van der Waals surface area contributed by atoms with Crippen molar-refractivity contribution in [3.63, 3.8) is 0 Å². The van der Waals surface area contributed by atoms with Crippen LogP contribution in [0.4, 0.5) is 8.59 Å². The van der Waals surface area contributed by atoms with Gasteiger partial charge >= 0.3 is 0 Å². The van der Waals surface area contributed by atoms with E-state index in [-0.39, 0.29) is 10.6 Å². The second-order valence-corrected chi connectivity index (χ2v) is 5.44. The van der Waals surface area contributed by atoms with Gasteiger partial charge in [-0.15, -0.1) is 0 Å². The van der Waals surface area contributed by atoms with Crippen molar-refractivity contribution in [2.24, 2.45) is 0 Å². The van der Waals surface area contributed by atoms with Gasteiger partial charge in [0, 0.05) is 10.6 Å². The highest BCUT2D eigenvalue weighted by Crippen LogP contribution is 2.44. The van der Waals surface area contributed by atoms with E-state index in [9.17, 15) is 13.2 Å². The molecule has 1 unspecified atom stereocenters. The fraction of sp³-hybridized carbons (Fsp3) is 0. The number of halogens is 2. The zero-order valence-corrected chi connectivity index (χ0v) is 9.20. The van der Waals surface area contributed by atoms with Crippen LogP contribution in [0.2, 0.25) is 0 Å². The maximum Gasteiger partial charge on any atom is 0.300 e. The molecule has 0 spiro atoms. The predicted molar refractivity (Wildman–Crippen MR) is 60.8 cm³/mol. The summed E-state index contributed by atoms with van der Waals surface area (Å²) < 4.78 is 38.7. The Hall–Kier alpha value is -1.47. The summed E-state index contributed by atoms with van der Waals surface area (Å²) in [5.74, 6) is -0.475. The molecule has 0 aliphatic carbocycles. The molecule has 0 saturated heterocycles. The van der Waals surface area contributed by atoms with Crippen molar-refractivity contribution < 1.29 is 13.2 Å². The first-order valence-corrected chi connectivity index (χ1v) is 6.32. The predicted octanol–water partition coefficient (Wildman–Crippen LogP) is 3.02. The molecular weight excluding hydrogens is 229 g/mol. The maximum absolute atomic E-state index is 14.1. The molecule has 0 fully saturated rings. The van der Waals surface area contributed by atoms with Gasteiger partial charge in [0.15, 0.2) is 0 Å². The molecule has 16 heavy (non-hydrogen) atoms. The SMILES string of the molecule is O=P(F)(c1ccccc1)c1ccc(F)cc1. The van der Waals surface area contributed by atoms with E-state index in [2.05, 4.69) is 0 Å². The van der Waals surface area contributed by atoms with Crippen LogP contribution in [0.15, 0.2) is 54.6 Å². The van der Waals surface area contributed by atoms with E-state index in [0.717, 1.165) is 12.1 Å². The maximum atomic E-state index is 14.1. The van der Waals surface area contributed by atoms with Gasteiger partial charge in [0.05, 0.1) is 0 Å². The molecule has 0 heterocycles. The van der Waals surface area contributed by atoms with Gasteiger partial charge in [-0.3, -0.25) is 4.57 Å². The summed E-state index contributed by atoms with van der Waals surface area (Å²) in [6.07, 6.45) is 0. The van der Waals surface area contributed by atoms with E-state index in [1.165, 1.54) is 24.3 Å². The topological polar surface area (TPSA) is 17.1 Å². The summed E-state index contributed by atoms with van der Waals surface area (Å²) in [6.45, 7) is 0. The van der Waals surface area contributed by atoms with Crippen molar-refractivity contribution in [1.29, 1.82) is 0 Å². The second kappa shape index (κ2) is 4.18. The van der Waals surface area contributed by atoms with Crippen molar-refractivity contribution in [2.75, 3.05) is 0 Å².